The van der Waals surface area contributed by atoms with Crippen molar-refractivity contribution in [3.05, 3.63) is 54.4 Å². The summed E-state index contributed by atoms with van der Waals surface area (Å²) in [6, 6.07) is 8.29. The first-order valence-corrected chi connectivity index (χ1v) is 5.56. The van der Waals surface area contributed by atoms with Crippen LogP contribution in [0.25, 0.3) is 16.9 Å². The minimum atomic E-state index is -0.292. The van der Waals surface area contributed by atoms with Gasteiger partial charge in [-0.2, -0.15) is 0 Å². The number of fused-ring (bicyclic) bond motifs is 1. The van der Waals surface area contributed by atoms with E-state index in [2.05, 4.69) is 9.97 Å². The third-order valence-corrected chi connectivity index (χ3v) is 2.76. The van der Waals surface area contributed by atoms with Gasteiger partial charge in [-0.1, -0.05) is 12.1 Å². The van der Waals surface area contributed by atoms with Crippen molar-refractivity contribution < 1.29 is 4.39 Å². The molecule has 3 aromatic rings. The Morgan fingerprint density at radius 3 is 2.89 bits per heavy atom. The third kappa shape index (κ3) is 1.74. The summed E-state index contributed by atoms with van der Waals surface area (Å²) in [4.78, 5) is 8.55. The Balaban J connectivity index is 2.16. The molecule has 0 aliphatic heterocycles. The van der Waals surface area contributed by atoms with E-state index in [9.17, 15) is 4.39 Å². The molecule has 0 atom stereocenters. The summed E-state index contributed by atoms with van der Waals surface area (Å²) < 4.78 is 15.4. The van der Waals surface area contributed by atoms with Crippen LogP contribution in [-0.4, -0.2) is 14.4 Å². The third-order valence-electron chi connectivity index (χ3n) is 2.76. The molecular formula is C13H11FN4. The Labute approximate surface area is 103 Å². The van der Waals surface area contributed by atoms with E-state index in [1.807, 2.05) is 6.20 Å². The molecular weight excluding hydrogens is 231 g/mol. The van der Waals surface area contributed by atoms with Crippen LogP contribution in [0.15, 0.2) is 42.9 Å². The standard InChI is InChI=1S/C13H11FN4/c14-11-4-2-1-3-10(11)12-5-13-17-9(6-15)7-18(13)8-16-12/h1-5,7-8H,6,15H2. The van der Waals surface area contributed by atoms with Crippen molar-refractivity contribution in [2.24, 2.45) is 5.73 Å². The highest BCUT2D eigenvalue weighted by atomic mass is 19.1. The number of hydrogen-bond acceptors (Lipinski definition) is 3. The quantitative estimate of drug-likeness (QED) is 0.747. The van der Waals surface area contributed by atoms with Gasteiger partial charge in [-0.3, -0.25) is 4.40 Å². The van der Waals surface area contributed by atoms with Gasteiger partial charge in [-0.15, -0.1) is 0 Å². The van der Waals surface area contributed by atoms with E-state index in [1.54, 1.807) is 35.0 Å². The number of rotatable bonds is 2. The fourth-order valence-corrected chi connectivity index (χ4v) is 1.86. The van der Waals surface area contributed by atoms with Crippen LogP contribution in [0.1, 0.15) is 5.69 Å². The summed E-state index contributed by atoms with van der Waals surface area (Å²) in [5.74, 6) is -0.292. The molecule has 1 aromatic carbocycles. The first kappa shape index (κ1) is 10.9. The van der Waals surface area contributed by atoms with Gasteiger partial charge in [0.1, 0.15) is 17.8 Å². The van der Waals surface area contributed by atoms with Gasteiger partial charge in [-0.25, -0.2) is 14.4 Å². The van der Waals surface area contributed by atoms with E-state index in [-0.39, 0.29) is 5.82 Å². The lowest BCUT2D eigenvalue weighted by atomic mass is 10.1. The Kier molecular flexibility index (Phi) is 2.53. The molecule has 0 spiro atoms. The number of benzene rings is 1. The van der Waals surface area contributed by atoms with Gasteiger partial charge in [-0.05, 0) is 12.1 Å². The van der Waals surface area contributed by atoms with E-state index < -0.39 is 0 Å². The molecule has 0 unspecified atom stereocenters. The van der Waals surface area contributed by atoms with Gasteiger partial charge in [0.2, 0.25) is 0 Å². The van der Waals surface area contributed by atoms with Gasteiger partial charge in [0, 0.05) is 24.4 Å². The topological polar surface area (TPSA) is 56.2 Å². The van der Waals surface area contributed by atoms with E-state index in [4.69, 9.17) is 5.73 Å². The van der Waals surface area contributed by atoms with Crippen molar-refractivity contribution in [2.45, 2.75) is 6.54 Å². The van der Waals surface area contributed by atoms with Crippen molar-refractivity contribution in [3.63, 3.8) is 0 Å². The highest BCUT2D eigenvalue weighted by Gasteiger charge is 2.07. The number of imidazole rings is 1. The lowest BCUT2D eigenvalue weighted by Gasteiger charge is -2.02. The molecule has 3 rings (SSSR count). The van der Waals surface area contributed by atoms with Crippen molar-refractivity contribution in [1.29, 1.82) is 0 Å². The number of aromatic nitrogens is 3. The summed E-state index contributed by atoms with van der Waals surface area (Å²) in [5, 5.41) is 0. The molecule has 2 heterocycles. The number of halogens is 1. The maximum Gasteiger partial charge on any atom is 0.140 e. The predicted molar refractivity (Wildman–Crippen MR) is 66.3 cm³/mol. The summed E-state index contributed by atoms with van der Waals surface area (Å²) in [6.45, 7) is 0.372. The number of nitrogens with zero attached hydrogens (tertiary/aromatic N) is 3. The molecule has 0 saturated heterocycles. The van der Waals surface area contributed by atoms with Crippen molar-refractivity contribution >= 4 is 5.65 Å². The van der Waals surface area contributed by atoms with Crippen LogP contribution in [-0.2, 0) is 6.54 Å². The smallest absolute Gasteiger partial charge is 0.140 e. The van der Waals surface area contributed by atoms with Crippen LogP contribution in [0.4, 0.5) is 4.39 Å². The van der Waals surface area contributed by atoms with Crippen molar-refractivity contribution in [2.75, 3.05) is 0 Å². The molecule has 5 heteroatoms. The maximum absolute atomic E-state index is 13.7. The van der Waals surface area contributed by atoms with E-state index in [0.29, 0.717) is 23.4 Å². The molecule has 2 N–H and O–H groups in total. The molecule has 0 bridgehead atoms. The summed E-state index contributed by atoms with van der Waals surface area (Å²) >= 11 is 0. The van der Waals surface area contributed by atoms with Gasteiger partial charge < -0.3 is 5.73 Å². The largest absolute Gasteiger partial charge is 0.325 e. The highest BCUT2D eigenvalue weighted by molar-refractivity contribution is 5.63. The lowest BCUT2D eigenvalue weighted by molar-refractivity contribution is 0.630. The second-order valence-corrected chi connectivity index (χ2v) is 3.96. The zero-order valence-electron chi connectivity index (χ0n) is 9.55. The maximum atomic E-state index is 13.7. The average Bonchev–Trinajstić information content (AvgIpc) is 2.81. The van der Waals surface area contributed by atoms with E-state index in [1.165, 1.54) is 6.07 Å². The molecule has 18 heavy (non-hydrogen) atoms. The number of hydrogen-bond donors (Lipinski definition) is 1. The zero-order chi connectivity index (χ0) is 12.5. The van der Waals surface area contributed by atoms with Crippen LogP contribution in [0, 0.1) is 5.82 Å². The van der Waals surface area contributed by atoms with E-state index in [0.717, 1.165) is 5.69 Å². The van der Waals surface area contributed by atoms with Gasteiger partial charge >= 0.3 is 0 Å². The Morgan fingerprint density at radius 1 is 1.28 bits per heavy atom. The Bertz CT molecular complexity index is 705. The average molecular weight is 242 g/mol. The molecule has 0 aliphatic rings. The molecule has 0 radical (unpaired) electrons. The van der Waals surface area contributed by atoms with Crippen LogP contribution in [0.5, 0.6) is 0 Å². The van der Waals surface area contributed by atoms with E-state index >= 15 is 0 Å². The molecule has 0 saturated carbocycles. The normalized spacial score (nSPS) is 11.0. The van der Waals surface area contributed by atoms with Crippen LogP contribution >= 0.6 is 0 Å². The summed E-state index contributed by atoms with van der Waals surface area (Å²) in [5.41, 5.74) is 8.06. The first-order valence-electron chi connectivity index (χ1n) is 5.56. The molecule has 0 aliphatic carbocycles. The summed E-state index contributed by atoms with van der Waals surface area (Å²) in [7, 11) is 0. The number of nitrogens with two attached hydrogens (primary N) is 1. The zero-order valence-corrected chi connectivity index (χ0v) is 9.55. The van der Waals surface area contributed by atoms with Gasteiger partial charge in [0.25, 0.3) is 0 Å². The van der Waals surface area contributed by atoms with Gasteiger partial charge in [0.15, 0.2) is 0 Å². The second kappa shape index (κ2) is 4.19. The monoisotopic (exact) mass is 242 g/mol. The molecule has 90 valence electrons. The Hall–Kier alpha value is -2.27. The summed E-state index contributed by atoms with van der Waals surface area (Å²) in [6.07, 6.45) is 3.43. The van der Waals surface area contributed by atoms with Crippen molar-refractivity contribution in [1.82, 2.24) is 14.4 Å². The first-order chi connectivity index (χ1) is 8.78. The second-order valence-electron chi connectivity index (χ2n) is 3.96. The molecule has 0 amide bonds. The molecule has 4 nitrogen and oxygen atoms in total. The lowest BCUT2D eigenvalue weighted by Crippen LogP contribution is -1.95. The minimum Gasteiger partial charge on any atom is -0.325 e. The molecule has 0 fully saturated rings. The Morgan fingerprint density at radius 2 is 2.11 bits per heavy atom. The van der Waals surface area contributed by atoms with Crippen LogP contribution in [0.3, 0.4) is 0 Å². The predicted octanol–water partition coefficient (Wildman–Crippen LogP) is 1.99. The highest BCUT2D eigenvalue weighted by Crippen LogP contribution is 2.21. The minimum absolute atomic E-state index is 0.292. The van der Waals surface area contributed by atoms with Crippen LogP contribution < -0.4 is 5.73 Å². The van der Waals surface area contributed by atoms with Crippen LogP contribution in [0.2, 0.25) is 0 Å². The fraction of sp³-hybridized carbons (Fsp3) is 0.0769. The fourth-order valence-electron chi connectivity index (χ4n) is 1.86. The molecule has 2 aromatic heterocycles. The van der Waals surface area contributed by atoms with Gasteiger partial charge in [0.05, 0.1) is 11.4 Å². The SMILES string of the molecule is NCc1cn2cnc(-c3ccccc3F)cc2n1. The van der Waals surface area contributed by atoms with Crippen molar-refractivity contribution in [3.8, 4) is 11.3 Å².